The number of nitro benzene ring substituents is 1. The van der Waals surface area contributed by atoms with E-state index in [-0.39, 0.29) is 16.7 Å². The van der Waals surface area contributed by atoms with Gasteiger partial charge in [0.1, 0.15) is 5.69 Å². The molecular formula is C14H20ClN3O2. The van der Waals surface area contributed by atoms with Gasteiger partial charge in [0.25, 0.3) is 5.69 Å². The summed E-state index contributed by atoms with van der Waals surface area (Å²) in [7, 11) is 0. The summed E-state index contributed by atoms with van der Waals surface area (Å²) in [4.78, 5) is 13.0. The Balaban J connectivity index is 2.00. The standard InChI is InChI=1S/C14H20ClN3O2/c1-11(10-17-7-3-2-4-8-17)16-13-9-12(15)5-6-14(13)18(19)20/h5-6,9,11,16H,2-4,7-8,10H2,1H3. The predicted octanol–water partition coefficient (Wildman–Crippen LogP) is 3.53. The van der Waals surface area contributed by atoms with Crippen LogP contribution in [0.2, 0.25) is 5.02 Å². The lowest BCUT2D eigenvalue weighted by Crippen LogP contribution is -2.38. The largest absolute Gasteiger partial charge is 0.376 e. The SMILES string of the molecule is CC(CN1CCCCC1)Nc1cc(Cl)ccc1[N+](=O)[O-]. The molecule has 0 spiro atoms. The van der Waals surface area contributed by atoms with Gasteiger partial charge in [-0.25, -0.2) is 0 Å². The molecule has 1 N–H and O–H groups in total. The highest BCUT2D eigenvalue weighted by Gasteiger charge is 2.18. The van der Waals surface area contributed by atoms with Crippen molar-refractivity contribution in [3.8, 4) is 0 Å². The number of nitrogens with zero attached hydrogens (tertiary/aromatic N) is 2. The van der Waals surface area contributed by atoms with Crippen LogP contribution in [0.1, 0.15) is 26.2 Å². The molecule has 1 aromatic carbocycles. The van der Waals surface area contributed by atoms with Crippen LogP contribution in [0.15, 0.2) is 18.2 Å². The highest BCUT2D eigenvalue weighted by molar-refractivity contribution is 6.31. The van der Waals surface area contributed by atoms with Gasteiger partial charge in [-0.3, -0.25) is 10.1 Å². The average molecular weight is 298 g/mol. The van der Waals surface area contributed by atoms with Crippen molar-refractivity contribution in [3.05, 3.63) is 33.3 Å². The molecule has 1 aromatic rings. The highest BCUT2D eigenvalue weighted by atomic mass is 35.5. The Bertz CT molecular complexity index is 475. The third-order valence-electron chi connectivity index (χ3n) is 3.54. The van der Waals surface area contributed by atoms with E-state index in [2.05, 4.69) is 10.2 Å². The smallest absolute Gasteiger partial charge is 0.292 e. The Labute approximate surface area is 124 Å². The van der Waals surface area contributed by atoms with Gasteiger partial charge in [-0.15, -0.1) is 0 Å². The van der Waals surface area contributed by atoms with Crippen molar-refractivity contribution in [1.82, 2.24) is 4.90 Å². The number of piperidine rings is 1. The quantitative estimate of drug-likeness (QED) is 0.667. The molecule has 2 rings (SSSR count). The Morgan fingerprint density at radius 1 is 1.40 bits per heavy atom. The molecule has 0 aliphatic carbocycles. The first-order valence-electron chi connectivity index (χ1n) is 6.99. The van der Waals surface area contributed by atoms with Crippen molar-refractivity contribution in [2.24, 2.45) is 0 Å². The number of nitro groups is 1. The number of halogens is 1. The Kier molecular flexibility index (Phi) is 5.20. The summed E-state index contributed by atoms with van der Waals surface area (Å²) in [6.45, 7) is 5.16. The molecule has 1 atom stereocenters. The summed E-state index contributed by atoms with van der Waals surface area (Å²) in [5, 5.41) is 14.7. The minimum atomic E-state index is -0.383. The number of anilines is 1. The van der Waals surface area contributed by atoms with Crippen molar-refractivity contribution in [2.75, 3.05) is 25.0 Å². The lowest BCUT2D eigenvalue weighted by Gasteiger charge is -2.29. The fourth-order valence-electron chi connectivity index (χ4n) is 2.62. The molecule has 1 aliphatic rings. The number of likely N-dealkylation sites (tertiary alicyclic amines) is 1. The van der Waals surface area contributed by atoms with Gasteiger partial charge in [0.2, 0.25) is 0 Å². The minimum absolute atomic E-state index is 0.0693. The first-order valence-corrected chi connectivity index (χ1v) is 7.37. The second-order valence-corrected chi connectivity index (χ2v) is 5.76. The van der Waals surface area contributed by atoms with Gasteiger partial charge in [-0.05, 0) is 45.0 Å². The molecule has 0 saturated carbocycles. The topological polar surface area (TPSA) is 58.4 Å². The van der Waals surface area contributed by atoms with E-state index in [9.17, 15) is 10.1 Å². The van der Waals surface area contributed by atoms with E-state index in [1.54, 1.807) is 12.1 Å². The zero-order valence-corrected chi connectivity index (χ0v) is 12.4. The van der Waals surface area contributed by atoms with Gasteiger partial charge in [-0.1, -0.05) is 18.0 Å². The van der Waals surface area contributed by atoms with Crippen LogP contribution < -0.4 is 5.32 Å². The predicted molar refractivity (Wildman–Crippen MR) is 81.5 cm³/mol. The van der Waals surface area contributed by atoms with E-state index in [0.717, 1.165) is 19.6 Å². The number of nitrogens with one attached hydrogen (secondary N) is 1. The van der Waals surface area contributed by atoms with Gasteiger partial charge in [0.15, 0.2) is 0 Å². The third kappa shape index (κ3) is 4.08. The van der Waals surface area contributed by atoms with Crippen LogP contribution in [-0.4, -0.2) is 35.5 Å². The van der Waals surface area contributed by atoms with Gasteiger partial charge in [0.05, 0.1) is 4.92 Å². The maximum Gasteiger partial charge on any atom is 0.292 e. The first kappa shape index (κ1) is 15.1. The van der Waals surface area contributed by atoms with Crippen LogP contribution in [-0.2, 0) is 0 Å². The zero-order valence-electron chi connectivity index (χ0n) is 11.6. The van der Waals surface area contributed by atoms with E-state index in [4.69, 9.17) is 11.6 Å². The molecule has 6 heteroatoms. The summed E-state index contributed by atoms with van der Waals surface area (Å²) < 4.78 is 0. The van der Waals surface area contributed by atoms with Crippen LogP contribution in [0.3, 0.4) is 0 Å². The van der Waals surface area contributed by atoms with Crippen molar-refractivity contribution in [2.45, 2.75) is 32.2 Å². The van der Waals surface area contributed by atoms with Crippen molar-refractivity contribution >= 4 is 23.0 Å². The Morgan fingerprint density at radius 2 is 2.10 bits per heavy atom. The molecule has 0 amide bonds. The number of benzene rings is 1. The summed E-state index contributed by atoms with van der Waals surface area (Å²) in [6, 6.07) is 4.75. The molecule has 0 bridgehead atoms. The first-order chi connectivity index (χ1) is 9.56. The fraction of sp³-hybridized carbons (Fsp3) is 0.571. The normalized spacial score (nSPS) is 17.7. The summed E-state index contributed by atoms with van der Waals surface area (Å²) in [5.74, 6) is 0. The van der Waals surface area contributed by atoms with E-state index in [1.807, 2.05) is 6.92 Å². The van der Waals surface area contributed by atoms with Crippen molar-refractivity contribution in [1.29, 1.82) is 0 Å². The van der Waals surface area contributed by atoms with Gasteiger partial charge in [-0.2, -0.15) is 0 Å². The molecule has 1 unspecified atom stereocenters. The average Bonchev–Trinajstić information content (AvgIpc) is 2.39. The molecule has 1 fully saturated rings. The Hall–Kier alpha value is -1.33. The molecule has 20 heavy (non-hydrogen) atoms. The zero-order chi connectivity index (χ0) is 14.5. The molecular weight excluding hydrogens is 278 g/mol. The molecule has 110 valence electrons. The van der Waals surface area contributed by atoms with Crippen LogP contribution in [0.5, 0.6) is 0 Å². The Morgan fingerprint density at radius 3 is 2.75 bits per heavy atom. The van der Waals surface area contributed by atoms with Crippen LogP contribution >= 0.6 is 11.6 Å². The molecule has 0 aromatic heterocycles. The van der Waals surface area contributed by atoms with Crippen LogP contribution in [0.4, 0.5) is 11.4 Å². The van der Waals surface area contributed by atoms with Crippen LogP contribution in [0.25, 0.3) is 0 Å². The molecule has 1 heterocycles. The monoisotopic (exact) mass is 297 g/mol. The number of hydrogen-bond donors (Lipinski definition) is 1. The van der Waals surface area contributed by atoms with E-state index in [1.165, 1.54) is 25.3 Å². The van der Waals surface area contributed by atoms with Gasteiger partial charge >= 0.3 is 0 Å². The highest BCUT2D eigenvalue weighted by Crippen LogP contribution is 2.28. The number of hydrogen-bond acceptors (Lipinski definition) is 4. The fourth-order valence-corrected chi connectivity index (χ4v) is 2.80. The van der Waals surface area contributed by atoms with Crippen molar-refractivity contribution in [3.63, 3.8) is 0 Å². The lowest BCUT2D eigenvalue weighted by molar-refractivity contribution is -0.384. The maximum absolute atomic E-state index is 11.0. The molecule has 0 radical (unpaired) electrons. The summed E-state index contributed by atoms with van der Waals surface area (Å²) >= 11 is 5.92. The second kappa shape index (κ2) is 6.90. The second-order valence-electron chi connectivity index (χ2n) is 5.33. The van der Waals surface area contributed by atoms with Crippen LogP contribution in [0, 0.1) is 10.1 Å². The maximum atomic E-state index is 11.0. The lowest BCUT2D eigenvalue weighted by atomic mass is 10.1. The molecule has 5 nitrogen and oxygen atoms in total. The number of rotatable bonds is 5. The third-order valence-corrected chi connectivity index (χ3v) is 3.77. The summed E-state index contributed by atoms with van der Waals surface area (Å²) in [6.07, 6.45) is 3.78. The van der Waals surface area contributed by atoms with E-state index in [0.29, 0.717) is 10.7 Å². The van der Waals surface area contributed by atoms with E-state index < -0.39 is 0 Å². The van der Waals surface area contributed by atoms with Gasteiger partial charge in [0, 0.05) is 23.7 Å². The van der Waals surface area contributed by atoms with E-state index >= 15 is 0 Å². The van der Waals surface area contributed by atoms with Crippen molar-refractivity contribution < 1.29 is 4.92 Å². The van der Waals surface area contributed by atoms with Gasteiger partial charge < -0.3 is 10.2 Å². The molecule has 1 saturated heterocycles. The minimum Gasteiger partial charge on any atom is -0.376 e. The summed E-state index contributed by atoms with van der Waals surface area (Å²) in [5.41, 5.74) is 0.562. The molecule has 1 aliphatic heterocycles.